The van der Waals surface area contributed by atoms with Crippen LogP contribution in [0.4, 0.5) is 4.39 Å². The van der Waals surface area contributed by atoms with Gasteiger partial charge >= 0.3 is 5.97 Å². The molecule has 5 heteroatoms. The van der Waals surface area contributed by atoms with Gasteiger partial charge in [-0.25, -0.2) is 9.18 Å². The van der Waals surface area contributed by atoms with Gasteiger partial charge < -0.3 is 9.84 Å². The molecule has 0 amide bonds. The SMILES string of the molecule is O=C1C2OC2C2C1C2(F)C(=O)O. The molecule has 3 fully saturated rings. The van der Waals surface area contributed by atoms with Crippen LogP contribution in [0.5, 0.6) is 0 Å². The van der Waals surface area contributed by atoms with Crippen LogP contribution in [-0.2, 0) is 14.3 Å². The van der Waals surface area contributed by atoms with Gasteiger partial charge in [0.15, 0.2) is 5.78 Å². The Hall–Kier alpha value is -0.970. The summed E-state index contributed by atoms with van der Waals surface area (Å²) < 4.78 is 18.2. The molecular weight excluding hydrogens is 167 g/mol. The minimum Gasteiger partial charge on any atom is -0.479 e. The number of hydrogen-bond acceptors (Lipinski definition) is 3. The molecule has 0 aromatic rings. The predicted octanol–water partition coefficient (Wildman–Crippen LogP) is -0.625. The predicted molar refractivity (Wildman–Crippen MR) is 32.1 cm³/mol. The van der Waals surface area contributed by atoms with Gasteiger partial charge in [0.2, 0.25) is 5.67 Å². The number of carbonyl (C=O) groups is 2. The summed E-state index contributed by atoms with van der Waals surface area (Å²) in [4.78, 5) is 21.5. The normalized spacial score (nSPS) is 59.2. The molecule has 1 N–H and O–H groups in total. The van der Waals surface area contributed by atoms with Crippen molar-refractivity contribution in [3.63, 3.8) is 0 Å². The zero-order chi connectivity index (χ0) is 8.67. The van der Waals surface area contributed by atoms with Crippen molar-refractivity contribution in [3.05, 3.63) is 0 Å². The smallest absolute Gasteiger partial charge is 0.342 e. The highest BCUT2D eigenvalue weighted by Gasteiger charge is 2.88. The first-order valence-corrected chi connectivity index (χ1v) is 3.70. The first kappa shape index (κ1) is 6.54. The Labute approximate surface area is 66.3 Å². The zero-order valence-corrected chi connectivity index (χ0v) is 5.86. The first-order valence-electron chi connectivity index (χ1n) is 3.70. The zero-order valence-electron chi connectivity index (χ0n) is 5.86. The minimum atomic E-state index is -2.31. The Morgan fingerprint density at radius 1 is 1.67 bits per heavy atom. The molecular formula is C7H5FO4. The number of carboxylic acid groups (broad SMARTS) is 1. The topological polar surface area (TPSA) is 66.9 Å². The Bertz CT molecular complexity index is 315. The molecule has 1 heterocycles. The second-order valence-corrected chi connectivity index (χ2v) is 3.50. The third-order valence-corrected chi connectivity index (χ3v) is 2.98. The molecule has 4 nitrogen and oxygen atoms in total. The maximum absolute atomic E-state index is 13.4. The highest BCUT2D eigenvalue weighted by molar-refractivity contribution is 6.04. The molecule has 1 aliphatic heterocycles. The number of fused-ring (bicyclic) bond motifs is 3. The van der Waals surface area contributed by atoms with Crippen LogP contribution in [-0.4, -0.2) is 34.7 Å². The van der Waals surface area contributed by atoms with E-state index < -0.39 is 35.7 Å². The molecule has 2 aliphatic carbocycles. The number of ketones is 1. The second-order valence-electron chi connectivity index (χ2n) is 3.50. The monoisotopic (exact) mass is 172 g/mol. The maximum Gasteiger partial charge on any atom is 0.342 e. The van der Waals surface area contributed by atoms with Crippen molar-refractivity contribution in [3.8, 4) is 0 Å². The van der Waals surface area contributed by atoms with Gasteiger partial charge in [0.1, 0.15) is 6.10 Å². The fourth-order valence-electron chi connectivity index (χ4n) is 2.27. The van der Waals surface area contributed by atoms with Crippen LogP contribution in [0.3, 0.4) is 0 Å². The van der Waals surface area contributed by atoms with Gasteiger partial charge in [-0.3, -0.25) is 4.79 Å². The quantitative estimate of drug-likeness (QED) is 0.535. The first-order chi connectivity index (χ1) is 5.58. The van der Waals surface area contributed by atoms with Crippen molar-refractivity contribution in [2.75, 3.05) is 0 Å². The van der Waals surface area contributed by atoms with E-state index in [1.54, 1.807) is 0 Å². The van der Waals surface area contributed by atoms with Crippen LogP contribution in [0.15, 0.2) is 0 Å². The molecule has 0 spiro atoms. The highest BCUT2D eigenvalue weighted by atomic mass is 19.1. The van der Waals surface area contributed by atoms with E-state index in [2.05, 4.69) is 0 Å². The third kappa shape index (κ3) is 0.425. The van der Waals surface area contributed by atoms with Gasteiger partial charge in [-0.1, -0.05) is 0 Å². The minimum absolute atomic E-state index is 0.366. The Kier molecular flexibility index (Phi) is 0.771. The molecule has 0 aromatic carbocycles. The van der Waals surface area contributed by atoms with E-state index in [0.29, 0.717) is 0 Å². The summed E-state index contributed by atoms with van der Waals surface area (Å²) in [5, 5.41) is 8.49. The van der Waals surface area contributed by atoms with Crippen LogP contribution in [0.25, 0.3) is 0 Å². The summed E-state index contributed by atoms with van der Waals surface area (Å²) in [7, 11) is 0. The Balaban J connectivity index is 1.98. The van der Waals surface area contributed by atoms with Gasteiger partial charge in [0.25, 0.3) is 0 Å². The van der Waals surface area contributed by atoms with Crippen molar-refractivity contribution >= 4 is 11.8 Å². The van der Waals surface area contributed by atoms with Crippen molar-refractivity contribution in [2.24, 2.45) is 11.8 Å². The lowest BCUT2D eigenvalue weighted by molar-refractivity contribution is -0.147. The number of aliphatic carboxylic acids is 1. The molecule has 0 aromatic heterocycles. The number of carbonyl (C=O) groups excluding carboxylic acids is 1. The van der Waals surface area contributed by atoms with Crippen LogP contribution >= 0.6 is 0 Å². The number of alkyl halides is 1. The van der Waals surface area contributed by atoms with E-state index in [9.17, 15) is 14.0 Å². The number of hydrogen-bond donors (Lipinski definition) is 1. The number of carboxylic acids is 1. The average molecular weight is 172 g/mol. The summed E-state index contributed by atoms with van der Waals surface area (Å²) in [5.41, 5.74) is -2.31. The molecule has 12 heavy (non-hydrogen) atoms. The molecule has 1 saturated heterocycles. The number of halogens is 1. The van der Waals surface area contributed by atoms with Crippen molar-refractivity contribution in [1.82, 2.24) is 0 Å². The van der Waals surface area contributed by atoms with E-state index in [4.69, 9.17) is 9.84 Å². The standard InChI is InChI=1S/C7H5FO4/c8-7(6(10)11)1-2(7)4-5(12-4)3(1)9/h1-2,4-5H,(H,10,11). The van der Waals surface area contributed by atoms with Gasteiger partial charge in [0.05, 0.1) is 12.0 Å². The summed E-state index contributed by atoms with van der Waals surface area (Å²) in [5.74, 6) is -3.51. The van der Waals surface area contributed by atoms with E-state index in [1.165, 1.54) is 0 Å². The van der Waals surface area contributed by atoms with Gasteiger partial charge in [-0.15, -0.1) is 0 Å². The Morgan fingerprint density at radius 3 is 2.75 bits per heavy atom. The van der Waals surface area contributed by atoms with Crippen molar-refractivity contribution in [2.45, 2.75) is 17.9 Å². The average Bonchev–Trinajstić information content (AvgIpc) is 2.80. The number of rotatable bonds is 1. The van der Waals surface area contributed by atoms with Gasteiger partial charge in [-0.05, 0) is 0 Å². The Morgan fingerprint density at radius 2 is 2.33 bits per heavy atom. The lowest BCUT2D eigenvalue weighted by Gasteiger charge is -2.00. The molecule has 0 radical (unpaired) electrons. The van der Waals surface area contributed by atoms with Crippen LogP contribution < -0.4 is 0 Å². The lowest BCUT2D eigenvalue weighted by Crippen LogP contribution is -2.28. The molecule has 5 unspecified atom stereocenters. The van der Waals surface area contributed by atoms with Gasteiger partial charge in [0, 0.05) is 5.92 Å². The summed E-state index contributed by atoms with van der Waals surface area (Å²) in [6.07, 6.45) is -0.924. The highest BCUT2D eigenvalue weighted by Crippen LogP contribution is 2.67. The second kappa shape index (κ2) is 1.42. The fourth-order valence-corrected chi connectivity index (χ4v) is 2.27. The number of ether oxygens (including phenoxy) is 1. The van der Waals surface area contributed by atoms with Crippen LogP contribution in [0.1, 0.15) is 0 Å². The fraction of sp³-hybridized carbons (Fsp3) is 0.714. The van der Waals surface area contributed by atoms with Crippen molar-refractivity contribution < 1.29 is 23.8 Å². The molecule has 2 saturated carbocycles. The van der Waals surface area contributed by atoms with E-state index in [-0.39, 0.29) is 5.78 Å². The number of epoxide rings is 1. The third-order valence-electron chi connectivity index (χ3n) is 2.98. The lowest BCUT2D eigenvalue weighted by atomic mass is 10.1. The van der Waals surface area contributed by atoms with Crippen LogP contribution in [0.2, 0.25) is 0 Å². The molecule has 3 aliphatic rings. The van der Waals surface area contributed by atoms with E-state index >= 15 is 0 Å². The summed E-state index contributed by atoms with van der Waals surface area (Å²) in [6, 6.07) is 0. The van der Waals surface area contributed by atoms with Crippen LogP contribution in [0, 0.1) is 11.8 Å². The molecule has 5 atom stereocenters. The van der Waals surface area contributed by atoms with Crippen molar-refractivity contribution in [1.29, 1.82) is 0 Å². The van der Waals surface area contributed by atoms with E-state index in [0.717, 1.165) is 0 Å². The summed E-state index contributed by atoms with van der Waals surface area (Å²) in [6.45, 7) is 0. The van der Waals surface area contributed by atoms with Gasteiger partial charge in [-0.2, -0.15) is 0 Å². The number of Topliss-reactive ketones (excluding diaryl/α,β-unsaturated/α-hetero) is 1. The summed E-state index contributed by atoms with van der Waals surface area (Å²) >= 11 is 0. The van der Waals surface area contributed by atoms with E-state index in [1.807, 2.05) is 0 Å². The molecule has 0 bridgehead atoms. The largest absolute Gasteiger partial charge is 0.479 e. The molecule has 64 valence electrons. The maximum atomic E-state index is 13.4. The molecule has 3 rings (SSSR count).